The lowest BCUT2D eigenvalue weighted by Crippen LogP contribution is -2.55. The number of quaternary nitrogens is 1. The van der Waals surface area contributed by atoms with Gasteiger partial charge >= 0.3 is 11.9 Å². The van der Waals surface area contributed by atoms with Crippen molar-refractivity contribution in [2.75, 3.05) is 41.0 Å². The molecule has 0 fully saturated rings. The molecule has 0 aliphatic heterocycles. The normalized spacial score (nSPS) is 13.3. The third kappa shape index (κ3) is 36.9. The Morgan fingerprint density at radius 3 is 1.45 bits per heavy atom. The number of likely N-dealkylation sites (N-methyl/N-ethyl adjacent to an activating group) is 1. The highest BCUT2D eigenvalue weighted by atomic mass is 16.6. The zero-order valence-corrected chi connectivity index (χ0v) is 36.3. The Hall–Kier alpha value is -2.45. The standard InChI is InChI=1S/C47H85NO7/c1-6-8-10-12-14-16-18-20-22-24-25-27-29-31-33-35-37-45(49)54-42-43(41-53-40-39-44(47(51)52)48(3,4)5)55-46(50)38-36-34-32-30-28-26-23-21-19-17-15-13-11-9-7-2/h15,17,19,21-22,24,43-44H,6-14,16,18,20,23,25-42H2,1-5H3/b17-15+,21-19+,24-22+. The van der Waals surface area contributed by atoms with Gasteiger partial charge in [-0.2, -0.15) is 0 Å². The van der Waals surface area contributed by atoms with Crippen LogP contribution in [0.3, 0.4) is 0 Å². The summed E-state index contributed by atoms with van der Waals surface area (Å²) in [6.07, 6.45) is 43.0. The Bertz CT molecular complexity index is 1000. The van der Waals surface area contributed by atoms with Gasteiger partial charge in [0.05, 0.1) is 40.3 Å². The fraction of sp³-hybridized carbons (Fsp3) is 0.809. The van der Waals surface area contributed by atoms with Crippen LogP contribution in [-0.2, 0) is 28.6 Å². The smallest absolute Gasteiger partial charge is 0.306 e. The summed E-state index contributed by atoms with van der Waals surface area (Å²) in [7, 11) is 5.40. The summed E-state index contributed by atoms with van der Waals surface area (Å²) in [6.45, 7) is 4.61. The van der Waals surface area contributed by atoms with Gasteiger partial charge in [0.2, 0.25) is 0 Å². The highest BCUT2D eigenvalue weighted by Crippen LogP contribution is 2.14. The van der Waals surface area contributed by atoms with Gasteiger partial charge in [-0.25, -0.2) is 0 Å². The number of esters is 2. The summed E-state index contributed by atoms with van der Waals surface area (Å²) in [5.41, 5.74) is 0. The van der Waals surface area contributed by atoms with Crippen LogP contribution in [0.4, 0.5) is 0 Å². The number of carboxylic acid groups (broad SMARTS) is 1. The van der Waals surface area contributed by atoms with E-state index in [1.807, 2.05) is 0 Å². The number of hydrogen-bond acceptors (Lipinski definition) is 7. The van der Waals surface area contributed by atoms with Crippen LogP contribution in [0.15, 0.2) is 36.5 Å². The topological polar surface area (TPSA) is 102 Å². The summed E-state index contributed by atoms with van der Waals surface area (Å²) < 4.78 is 17.2. The van der Waals surface area contributed by atoms with Crippen LogP contribution in [-0.4, -0.2) is 75.5 Å². The van der Waals surface area contributed by atoms with E-state index in [1.54, 1.807) is 21.1 Å². The molecule has 0 aliphatic carbocycles. The van der Waals surface area contributed by atoms with E-state index in [9.17, 15) is 19.5 Å². The first kappa shape index (κ1) is 52.6. The van der Waals surface area contributed by atoms with Crippen LogP contribution in [0.5, 0.6) is 0 Å². The average molecular weight is 776 g/mol. The van der Waals surface area contributed by atoms with Crippen molar-refractivity contribution in [3.63, 3.8) is 0 Å². The van der Waals surface area contributed by atoms with Crippen LogP contribution in [0.2, 0.25) is 0 Å². The Balaban J connectivity index is 4.36. The minimum atomic E-state index is -1.13. The first-order valence-corrected chi connectivity index (χ1v) is 22.5. The number of aliphatic carboxylic acids is 1. The van der Waals surface area contributed by atoms with Crippen LogP contribution < -0.4 is 5.11 Å². The van der Waals surface area contributed by atoms with Gasteiger partial charge in [-0.05, 0) is 64.2 Å². The molecule has 0 aromatic rings. The second kappa shape index (κ2) is 38.4. The molecule has 0 bridgehead atoms. The molecule has 0 aromatic heterocycles. The SMILES string of the molecule is CCCCC/C=C/C=C/CCCCCCCCC(=O)OC(COCCC(C(=O)[O-])[N+](C)(C)C)COC(=O)CCCCCCC/C=C/CCCCCCCCC. The number of allylic oxidation sites excluding steroid dienone is 6. The molecule has 0 rings (SSSR count). The van der Waals surface area contributed by atoms with E-state index in [-0.39, 0.29) is 42.7 Å². The lowest BCUT2D eigenvalue weighted by molar-refractivity contribution is -0.889. The monoisotopic (exact) mass is 776 g/mol. The van der Waals surface area contributed by atoms with Gasteiger partial charge in [0, 0.05) is 19.3 Å². The molecule has 0 saturated carbocycles. The summed E-state index contributed by atoms with van der Waals surface area (Å²) in [5.74, 6) is -1.76. The van der Waals surface area contributed by atoms with Crippen LogP contribution in [0.1, 0.15) is 194 Å². The van der Waals surface area contributed by atoms with Gasteiger partial charge in [0.25, 0.3) is 0 Å². The number of rotatable bonds is 40. The molecular weight excluding hydrogens is 691 g/mol. The summed E-state index contributed by atoms with van der Waals surface area (Å²) in [6, 6.07) is -0.728. The minimum Gasteiger partial charge on any atom is -0.544 e. The number of carboxylic acids is 1. The van der Waals surface area contributed by atoms with Gasteiger partial charge < -0.3 is 28.6 Å². The van der Waals surface area contributed by atoms with Gasteiger partial charge in [-0.15, -0.1) is 0 Å². The van der Waals surface area contributed by atoms with Crippen molar-refractivity contribution in [2.45, 2.75) is 206 Å². The first-order valence-electron chi connectivity index (χ1n) is 22.5. The van der Waals surface area contributed by atoms with Crippen molar-refractivity contribution in [2.24, 2.45) is 0 Å². The number of nitrogens with zero attached hydrogens (tertiary/aromatic N) is 1. The third-order valence-corrected chi connectivity index (χ3v) is 10.0. The maximum atomic E-state index is 12.7. The molecule has 8 nitrogen and oxygen atoms in total. The van der Waals surface area contributed by atoms with E-state index in [2.05, 4.69) is 50.3 Å². The van der Waals surface area contributed by atoms with E-state index in [0.717, 1.165) is 70.6 Å². The lowest BCUT2D eigenvalue weighted by Gasteiger charge is -2.34. The molecule has 0 N–H and O–H groups in total. The van der Waals surface area contributed by atoms with E-state index < -0.39 is 18.1 Å². The van der Waals surface area contributed by atoms with Crippen molar-refractivity contribution in [1.82, 2.24) is 0 Å². The second-order valence-corrected chi connectivity index (χ2v) is 16.3. The molecule has 8 heteroatoms. The molecular formula is C47H85NO7. The Morgan fingerprint density at radius 2 is 0.964 bits per heavy atom. The predicted octanol–water partition coefficient (Wildman–Crippen LogP) is 10.9. The Morgan fingerprint density at radius 1 is 0.545 bits per heavy atom. The van der Waals surface area contributed by atoms with Crippen LogP contribution >= 0.6 is 0 Å². The van der Waals surface area contributed by atoms with Gasteiger partial charge in [0.15, 0.2) is 6.10 Å². The number of carbonyl (C=O) groups excluding carboxylic acids is 3. The molecule has 0 amide bonds. The van der Waals surface area contributed by atoms with Crippen LogP contribution in [0.25, 0.3) is 0 Å². The molecule has 2 atom stereocenters. The summed E-state index contributed by atoms with van der Waals surface area (Å²) in [5, 5.41) is 11.6. The average Bonchev–Trinajstić information content (AvgIpc) is 3.14. The number of hydrogen-bond donors (Lipinski definition) is 0. The maximum Gasteiger partial charge on any atom is 0.306 e. The van der Waals surface area contributed by atoms with E-state index in [4.69, 9.17) is 14.2 Å². The molecule has 55 heavy (non-hydrogen) atoms. The minimum absolute atomic E-state index is 0.0342. The molecule has 0 saturated heterocycles. The Kier molecular flexibility index (Phi) is 36.7. The van der Waals surface area contributed by atoms with Crippen molar-refractivity contribution in [3.8, 4) is 0 Å². The molecule has 320 valence electrons. The van der Waals surface area contributed by atoms with Crippen molar-refractivity contribution >= 4 is 17.9 Å². The molecule has 0 spiro atoms. The molecule has 2 unspecified atom stereocenters. The van der Waals surface area contributed by atoms with Crippen LogP contribution in [0, 0.1) is 0 Å². The fourth-order valence-electron chi connectivity index (χ4n) is 6.47. The summed E-state index contributed by atoms with van der Waals surface area (Å²) in [4.78, 5) is 36.8. The molecule has 0 heterocycles. The van der Waals surface area contributed by atoms with Crippen molar-refractivity contribution in [1.29, 1.82) is 0 Å². The first-order chi connectivity index (χ1) is 26.6. The number of unbranched alkanes of at least 4 members (excludes halogenated alkanes) is 21. The number of carbonyl (C=O) groups is 3. The van der Waals surface area contributed by atoms with Crippen molar-refractivity contribution < 1.29 is 38.2 Å². The number of ether oxygens (including phenoxy) is 3. The highest BCUT2D eigenvalue weighted by molar-refractivity contribution is 5.70. The zero-order chi connectivity index (χ0) is 40.7. The summed E-state index contributed by atoms with van der Waals surface area (Å²) >= 11 is 0. The van der Waals surface area contributed by atoms with E-state index in [0.29, 0.717) is 12.8 Å². The lowest BCUT2D eigenvalue weighted by atomic mass is 10.1. The predicted molar refractivity (Wildman–Crippen MR) is 227 cm³/mol. The zero-order valence-electron chi connectivity index (χ0n) is 36.3. The second-order valence-electron chi connectivity index (χ2n) is 16.3. The molecule has 0 aromatic carbocycles. The maximum absolute atomic E-state index is 12.7. The van der Waals surface area contributed by atoms with Gasteiger partial charge in [-0.1, -0.05) is 147 Å². The molecule has 0 radical (unpaired) electrons. The fourth-order valence-corrected chi connectivity index (χ4v) is 6.47. The molecule has 0 aliphatic rings. The van der Waals surface area contributed by atoms with Gasteiger partial charge in [-0.3, -0.25) is 9.59 Å². The Labute approximate surface area is 338 Å². The quantitative estimate of drug-likeness (QED) is 0.0201. The van der Waals surface area contributed by atoms with Gasteiger partial charge in [0.1, 0.15) is 12.6 Å². The van der Waals surface area contributed by atoms with E-state index >= 15 is 0 Å². The largest absolute Gasteiger partial charge is 0.544 e. The van der Waals surface area contributed by atoms with Crippen molar-refractivity contribution in [3.05, 3.63) is 36.5 Å². The van der Waals surface area contributed by atoms with E-state index in [1.165, 1.54) is 89.9 Å². The third-order valence-electron chi connectivity index (χ3n) is 10.0. The highest BCUT2D eigenvalue weighted by Gasteiger charge is 2.25.